The van der Waals surface area contributed by atoms with Crippen molar-refractivity contribution in [1.29, 1.82) is 0 Å². The van der Waals surface area contributed by atoms with Gasteiger partial charge in [0, 0.05) is 25.0 Å². The lowest BCUT2D eigenvalue weighted by atomic mass is 9.79. The zero-order chi connectivity index (χ0) is 18.1. The third-order valence-corrected chi connectivity index (χ3v) is 3.83. The molecule has 2 rings (SSSR count). The molecule has 0 saturated heterocycles. The van der Waals surface area contributed by atoms with Crippen LogP contribution < -0.4 is 0 Å². The first-order chi connectivity index (χ1) is 11.1. The highest BCUT2D eigenvalue weighted by Gasteiger charge is 2.50. The summed E-state index contributed by atoms with van der Waals surface area (Å²) in [7, 11) is 0. The van der Waals surface area contributed by atoms with Crippen LogP contribution in [0.4, 0.5) is 5.69 Å². The molecule has 1 aromatic carbocycles. The molecule has 1 fully saturated rings. The number of carbonyl (C=O) groups excluding carboxylic acids is 1. The molecule has 0 aliphatic heterocycles. The second-order valence-corrected chi connectivity index (χ2v) is 5.55. The van der Waals surface area contributed by atoms with E-state index < -0.39 is 53.6 Å². The van der Waals surface area contributed by atoms with Crippen molar-refractivity contribution in [3.8, 4) is 0 Å². The number of aliphatic hydroxyl groups excluding tert-OH is 2. The first kappa shape index (κ1) is 17.8. The van der Waals surface area contributed by atoms with Gasteiger partial charge in [-0.15, -0.1) is 0 Å². The number of aliphatic hydroxyl groups is 3. The fraction of sp³-hybridized carbons (Fsp3) is 0.429. The highest BCUT2D eigenvalue weighted by molar-refractivity contribution is 5.89. The van der Waals surface area contributed by atoms with Gasteiger partial charge in [-0.3, -0.25) is 10.1 Å². The molecule has 0 aromatic heterocycles. The van der Waals surface area contributed by atoms with Crippen LogP contribution in [-0.4, -0.2) is 61.2 Å². The monoisotopic (exact) mass is 341 g/mol. The van der Waals surface area contributed by atoms with Crippen LogP contribution in [0.5, 0.6) is 0 Å². The fourth-order valence-corrected chi connectivity index (χ4v) is 2.46. The molecule has 1 aliphatic carbocycles. The number of hydrogen-bond acceptors (Lipinski definition) is 8. The van der Waals surface area contributed by atoms with Crippen molar-refractivity contribution in [2.75, 3.05) is 0 Å². The Balaban J connectivity index is 2.14. The average molecular weight is 341 g/mol. The van der Waals surface area contributed by atoms with E-state index in [1.54, 1.807) is 0 Å². The van der Waals surface area contributed by atoms with Crippen LogP contribution >= 0.6 is 0 Å². The average Bonchev–Trinajstić information content (AvgIpc) is 2.52. The van der Waals surface area contributed by atoms with Crippen molar-refractivity contribution in [2.45, 2.75) is 36.8 Å². The van der Waals surface area contributed by atoms with Gasteiger partial charge in [0.25, 0.3) is 5.69 Å². The van der Waals surface area contributed by atoms with Crippen LogP contribution in [0.15, 0.2) is 24.3 Å². The lowest BCUT2D eigenvalue weighted by Crippen LogP contribution is -2.57. The van der Waals surface area contributed by atoms with Gasteiger partial charge in [0.2, 0.25) is 0 Å². The molecule has 0 unspecified atom stereocenters. The Kier molecular flexibility index (Phi) is 4.83. The molecule has 10 heteroatoms. The van der Waals surface area contributed by atoms with Crippen LogP contribution in [0, 0.1) is 10.1 Å². The predicted octanol–water partition coefficient (Wildman–Crippen LogP) is -0.548. The maximum Gasteiger partial charge on any atom is 0.338 e. The second-order valence-electron chi connectivity index (χ2n) is 5.55. The molecule has 0 spiro atoms. The van der Waals surface area contributed by atoms with E-state index in [1.165, 1.54) is 0 Å². The van der Waals surface area contributed by atoms with E-state index in [1.807, 2.05) is 0 Å². The molecule has 24 heavy (non-hydrogen) atoms. The van der Waals surface area contributed by atoms with Gasteiger partial charge in [-0.1, -0.05) is 0 Å². The quantitative estimate of drug-likeness (QED) is 0.319. The molecule has 0 radical (unpaired) electrons. The smallest absolute Gasteiger partial charge is 0.338 e. The van der Waals surface area contributed by atoms with E-state index in [2.05, 4.69) is 0 Å². The molecule has 4 atom stereocenters. The summed E-state index contributed by atoms with van der Waals surface area (Å²) in [4.78, 5) is 33.0. The molecule has 0 heterocycles. The number of non-ortho nitro benzene ring substituents is 1. The number of nitro groups is 1. The van der Waals surface area contributed by atoms with Crippen molar-refractivity contribution in [1.82, 2.24) is 0 Å². The number of carboxylic acids is 1. The summed E-state index contributed by atoms with van der Waals surface area (Å²) in [5, 5.41) is 49.0. The van der Waals surface area contributed by atoms with Crippen LogP contribution in [0.25, 0.3) is 0 Å². The maximum atomic E-state index is 12.0. The Bertz CT molecular complexity index is 659. The maximum absolute atomic E-state index is 12.0. The Hall–Kier alpha value is -2.56. The van der Waals surface area contributed by atoms with Gasteiger partial charge in [-0.2, -0.15) is 0 Å². The summed E-state index contributed by atoms with van der Waals surface area (Å²) in [6, 6.07) is 4.43. The fourth-order valence-electron chi connectivity index (χ4n) is 2.46. The van der Waals surface area contributed by atoms with E-state index in [0.29, 0.717) is 0 Å². The molecule has 0 bridgehead atoms. The van der Waals surface area contributed by atoms with Crippen LogP contribution in [0.2, 0.25) is 0 Å². The van der Waals surface area contributed by atoms with Crippen molar-refractivity contribution in [2.24, 2.45) is 0 Å². The molecule has 4 N–H and O–H groups in total. The van der Waals surface area contributed by atoms with Gasteiger partial charge in [0.05, 0.1) is 16.6 Å². The molecule has 1 aromatic rings. The van der Waals surface area contributed by atoms with Gasteiger partial charge in [-0.05, 0) is 12.1 Å². The number of nitrogens with zero attached hydrogens (tertiary/aromatic N) is 1. The second kappa shape index (κ2) is 6.51. The Labute approximate surface area is 135 Å². The lowest BCUT2D eigenvalue weighted by molar-refractivity contribution is -0.384. The van der Waals surface area contributed by atoms with Gasteiger partial charge in [0.15, 0.2) is 5.60 Å². The third-order valence-electron chi connectivity index (χ3n) is 3.83. The standard InChI is InChI=1S/C14H15NO9/c16-9-5-14(21,13(19)20)6-10(11(9)17)24-12(18)7-1-3-8(4-2-7)15(22)23/h1-4,9-11,16-17,21H,5-6H2,(H,19,20)/t9-,10-,11-,14+/m1/s1. The summed E-state index contributed by atoms with van der Waals surface area (Å²) in [6.07, 6.45) is -5.80. The molecule has 130 valence electrons. The zero-order valence-electron chi connectivity index (χ0n) is 12.2. The normalized spacial score (nSPS) is 29.7. The van der Waals surface area contributed by atoms with Crippen LogP contribution in [0.3, 0.4) is 0 Å². The van der Waals surface area contributed by atoms with Gasteiger partial charge < -0.3 is 25.2 Å². The number of aliphatic carboxylic acids is 1. The number of esters is 1. The number of hydrogen-bond donors (Lipinski definition) is 4. The molecule has 0 amide bonds. The zero-order valence-corrected chi connectivity index (χ0v) is 12.2. The van der Waals surface area contributed by atoms with Crippen LogP contribution in [-0.2, 0) is 9.53 Å². The summed E-state index contributed by atoms with van der Waals surface area (Å²) in [5.41, 5.74) is -2.63. The Morgan fingerprint density at radius 1 is 1.21 bits per heavy atom. The van der Waals surface area contributed by atoms with Gasteiger partial charge >= 0.3 is 11.9 Å². The van der Waals surface area contributed by atoms with Crippen molar-refractivity contribution >= 4 is 17.6 Å². The number of carboxylic acid groups (broad SMARTS) is 1. The highest BCUT2D eigenvalue weighted by Crippen LogP contribution is 2.31. The molecular formula is C14H15NO9. The van der Waals surface area contributed by atoms with Crippen molar-refractivity contribution < 1.29 is 39.7 Å². The van der Waals surface area contributed by atoms with E-state index in [0.717, 1.165) is 24.3 Å². The molecule has 10 nitrogen and oxygen atoms in total. The van der Waals surface area contributed by atoms with Crippen LogP contribution in [0.1, 0.15) is 23.2 Å². The number of carbonyl (C=O) groups is 2. The topological polar surface area (TPSA) is 167 Å². The first-order valence-electron chi connectivity index (χ1n) is 6.91. The minimum Gasteiger partial charge on any atom is -0.479 e. The number of nitro benzene ring substituents is 1. The van der Waals surface area contributed by atoms with E-state index >= 15 is 0 Å². The Morgan fingerprint density at radius 3 is 2.29 bits per heavy atom. The SMILES string of the molecule is O=C(O[C@@H]1C[C@](O)(C(=O)O)C[C@@H](O)[C@H]1O)c1ccc([N+](=O)[O-])cc1. The first-order valence-corrected chi connectivity index (χ1v) is 6.91. The molecular weight excluding hydrogens is 326 g/mol. The molecule has 1 aliphatic rings. The minimum absolute atomic E-state index is 0.0632. The summed E-state index contributed by atoms with van der Waals surface area (Å²) >= 11 is 0. The van der Waals surface area contributed by atoms with Crippen molar-refractivity contribution in [3.63, 3.8) is 0 Å². The largest absolute Gasteiger partial charge is 0.479 e. The van der Waals surface area contributed by atoms with E-state index in [4.69, 9.17) is 9.84 Å². The van der Waals surface area contributed by atoms with Gasteiger partial charge in [-0.25, -0.2) is 9.59 Å². The lowest BCUT2D eigenvalue weighted by Gasteiger charge is -2.39. The number of benzene rings is 1. The Morgan fingerprint density at radius 2 is 1.79 bits per heavy atom. The minimum atomic E-state index is -2.33. The van der Waals surface area contributed by atoms with Gasteiger partial charge in [0.1, 0.15) is 12.2 Å². The number of rotatable bonds is 4. The predicted molar refractivity (Wildman–Crippen MR) is 76.1 cm³/mol. The highest BCUT2D eigenvalue weighted by atomic mass is 16.6. The summed E-state index contributed by atoms with van der Waals surface area (Å²) < 4.78 is 4.96. The van der Waals surface area contributed by atoms with E-state index in [-0.39, 0.29) is 11.3 Å². The van der Waals surface area contributed by atoms with E-state index in [9.17, 15) is 35.0 Å². The third kappa shape index (κ3) is 3.50. The summed E-state index contributed by atoms with van der Waals surface area (Å²) in [6.45, 7) is 0. The summed E-state index contributed by atoms with van der Waals surface area (Å²) in [5.74, 6) is -2.58. The molecule has 1 saturated carbocycles. The number of ether oxygens (including phenoxy) is 1. The van der Waals surface area contributed by atoms with Crippen molar-refractivity contribution in [3.05, 3.63) is 39.9 Å².